The first kappa shape index (κ1) is 23.7. The van der Waals surface area contributed by atoms with Crippen LogP contribution in [-0.4, -0.2) is 40.4 Å². The van der Waals surface area contributed by atoms with Crippen LogP contribution in [-0.2, 0) is 16.5 Å². The molecule has 3 aliphatic heterocycles. The monoisotopic (exact) mass is 516 g/mol. The number of alkyl halides is 3. The molecule has 0 saturated heterocycles. The van der Waals surface area contributed by atoms with E-state index >= 15 is 0 Å². The fourth-order valence-corrected chi connectivity index (χ4v) is 5.19. The summed E-state index contributed by atoms with van der Waals surface area (Å²) < 4.78 is 95.5. The van der Waals surface area contributed by atoms with Crippen molar-refractivity contribution in [2.45, 2.75) is 49.8 Å². The van der Waals surface area contributed by atoms with Crippen LogP contribution in [0.1, 0.15) is 49.0 Å². The minimum absolute atomic E-state index is 0.133. The second-order valence-electron chi connectivity index (χ2n) is 9.14. The summed E-state index contributed by atoms with van der Waals surface area (Å²) in [6.45, 7) is 4.14. The van der Waals surface area contributed by atoms with Crippen molar-refractivity contribution >= 4 is 10.1 Å². The molecule has 2 aromatic carbocycles. The number of halogens is 3. The lowest BCUT2D eigenvalue weighted by atomic mass is 9.85. The smallest absolute Gasteiger partial charge is 0.496 e. The highest BCUT2D eigenvalue weighted by atomic mass is 32.2. The van der Waals surface area contributed by atoms with Crippen LogP contribution in [0.25, 0.3) is 0 Å². The summed E-state index contributed by atoms with van der Waals surface area (Å²) in [5.41, 5.74) is -3.95. The number of rotatable bonds is 4. The molecule has 2 aromatic rings. The lowest BCUT2D eigenvalue weighted by Crippen LogP contribution is -2.33. The van der Waals surface area contributed by atoms with Crippen molar-refractivity contribution in [3.63, 3.8) is 0 Å². The maximum atomic E-state index is 12.9. The van der Waals surface area contributed by atoms with Gasteiger partial charge in [-0.15, -0.1) is 0 Å². The maximum absolute atomic E-state index is 12.9. The summed E-state index contributed by atoms with van der Waals surface area (Å²) in [6.07, 6.45) is 0.907. The Morgan fingerprint density at radius 2 is 1.77 bits per heavy atom. The van der Waals surface area contributed by atoms with E-state index in [-0.39, 0.29) is 18.0 Å². The summed E-state index contributed by atoms with van der Waals surface area (Å²) in [7, 11) is -3.17. The quantitative estimate of drug-likeness (QED) is 0.429. The first-order chi connectivity index (χ1) is 16.3. The van der Waals surface area contributed by atoms with E-state index in [1.165, 1.54) is 26.4 Å². The van der Waals surface area contributed by atoms with E-state index in [2.05, 4.69) is 4.18 Å². The van der Waals surface area contributed by atoms with Crippen molar-refractivity contribution in [2.24, 2.45) is 0 Å². The van der Waals surface area contributed by atoms with Gasteiger partial charge in [-0.1, -0.05) is 0 Å². The SMILES string of the molecule is COc1cc2c(cc1OS(=O)(=O)C(F)(F)F)C1COc3cc4c(c(OC)c3C1O2)CCC(C)(C)O4. The zero-order chi connectivity index (χ0) is 25.3. The van der Waals surface area contributed by atoms with Crippen LogP contribution in [0, 0.1) is 0 Å². The van der Waals surface area contributed by atoms with Gasteiger partial charge in [-0.05, 0) is 32.8 Å². The zero-order valence-electron chi connectivity index (χ0n) is 19.3. The Morgan fingerprint density at radius 1 is 1.03 bits per heavy atom. The van der Waals surface area contributed by atoms with E-state index in [1.54, 1.807) is 0 Å². The molecule has 0 saturated carbocycles. The molecule has 0 amide bonds. The van der Waals surface area contributed by atoms with E-state index in [1.807, 2.05) is 19.9 Å². The second-order valence-corrected chi connectivity index (χ2v) is 10.7. The molecule has 190 valence electrons. The van der Waals surface area contributed by atoms with Crippen molar-refractivity contribution in [3.8, 4) is 34.5 Å². The Labute approximate surface area is 199 Å². The molecule has 5 rings (SSSR count). The summed E-state index contributed by atoms with van der Waals surface area (Å²) in [5, 5.41) is 0. The number of hydrogen-bond acceptors (Lipinski definition) is 8. The Bertz CT molecular complexity index is 1300. The van der Waals surface area contributed by atoms with Crippen LogP contribution in [0.5, 0.6) is 34.5 Å². The molecule has 0 aromatic heterocycles. The Hall–Kier alpha value is -3.02. The molecule has 35 heavy (non-hydrogen) atoms. The molecule has 0 bridgehead atoms. The van der Waals surface area contributed by atoms with Crippen LogP contribution < -0.4 is 27.9 Å². The van der Waals surface area contributed by atoms with E-state index in [9.17, 15) is 21.6 Å². The van der Waals surface area contributed by atoms with Gasteiger partial charge in [0.25, 0.3) is 0 Å². The molecule has 0 N–H and O–H groups in total. The van der Waals surface area contributed by atoms with Gasteiger partial charge in [0.15, 0.2) is 11.5 Å². The molecule has 0 radical (unpaired) electrons. The van der Waals surface area contributed by atoms with Crippen LogP contribution in [0.15, 0.2) is 18.2 Å². The highest BCUT2D eigenvalue weighted by Gasteiger charge is 2.50. The maximum Gasteiger partial charge on any atom is 0.534 e. The third-order valence-corrected chi connectivity index (χ3v) is 7.38. The third kappa shape index (κ3) is 3.78. The first-order valence-electron chi connectivity index (χ1n) is 10.8. The number of methoxy groups -OCH3 is 2. The Balaban J connectivity index is 1.57. The zero-order valence-corrected chi connectivity index (χ0v) is 20.1. The van der Waals surface area contributed by atoms with Crippen LogP contribution in [0.2, 0.25) is 0 Å². The van der Waals surface area contributed by atoms with Gasteiger partial charge < -0.3 is 27.9 Å². The minimum Gasteiger partial charge on any atom is -0.496 e. The number of benzene rings is 2. The largest absolute Gasteiger partial charge is 0.534 e. The standard InChI is InChI=1S/C23H23F3O8S/c1-22(2)6-5-11-15(33-22)9-18-19(20(11)30-4)21-13(10-31-18)12-7-17(16(29-3)8-14(12)32-21)34-35(27,28)23(24,25)26/h7-9,13,21H,5-6,10H2,1-4H3. The van der Waals surface area contributed by atoms with Gasteiger partial charge in [-0.25, -0.2) is 0 Å². The lowest BCUT2D eigenvalue weighted by molar-refractivity contribution is -0.0500. The molecular weight excluding hydrogens is 493 g/mol. The van der Waals surface area contributed by atoms with Crippen molar-refractivity contribution in [1.82, 2.24) is 0 Å². The topological polar surface area (TPSA) is 89.5 Å². The lowest BCUT2D eigenvalue weighted by Gasteiger charge is -2.36. The number of fused-ring (bicyclic) bond motifs is 6. The first-order valence-corrected chi connectivity index (χ1v) is 12.2. The van der Waals surface area contributed by atoms with Crippen LogP contribution >= 0.6 is 0 Å². The number of hydrogen-bond donors (Lipinski definition) is 0. The molecule has 2 unspecified atom stereocenters. The minimum atomic E-state index is -5.90. The summed E-state index contributed by atoms with van der Waals surface area (Å²) >= 11 is 0. The summed E-state index contributed by atoms with van der Waals surface area (Å²) in [5.74, 6) is 0.820. The average Bonchev–Trinajstić information content (AvgIpc) is 3.12. The molecule has 8 nitrogen and oxygen atoms in total. The summed E-state index contributed by atoms with van der Waals surface area (Å²) in [6, 6.07) is 4.31. The van der Waals surface area contributed by atoms with Gasteiger partial charge in [0.1, 0.15) is 34.7 Å². The van der Waals surface area contributed by atoms with Gasteiger partial charge in [0.2, 0.25) is 0 Å². The van der Waals surface area contributed by atoms with Crippen molar-refractivity contribution in [3.05, 3.63) is 34.9 Å². The van der Waals surface area contributed by atoms with Crippen molar-refractivity contribution in [2.75, 3.05) is 20.8 Å². The molecule has 12 heteroatoms. The molecular formula is C23H23F3O8S. The predicted molar refractivity (Wildman–Crippen MR) is 116 cm³/mol. The Kier molecular flexibility index (Phi) is 5.24. The van der Waals surface area contributed by atoms with Crippen molar-refractivity contribution < 1.29 is 49.5 Å². The normalized spacial score (nSPS) is 21.8. The van der Waals surface area contributed by atoms with Gasteiger partial charge in [0.05, 0.1) is 32.3 Å². The predicted octanol–water partition coefficient (Wildman–Crippen LogP) is 4.65. The molecule has 0 spiro atoms. The highest BCUT2D eigenvalue weighted by molar-refractivity contribution is 7.88. The van der Waals surface area contributed by atoms with E-state index in [4.69, 9.17) is 23.7 Å². The van der Waals surface area contributed by atoms with E-state index < -0.39 is 33.4 Å². The molecule has 3 heterocycles. The highest BCUT2D eigenvalue weighted by Crippen LogP contribution is 2.58. The molecule has 0 aliphatic carbocycles. The van der Waals surface area contributed by atoms with Gasteiger partial charge in [0, 0.05) is 23.3 Å². The molecule has 3 aliphatic rings. The molecule has 2 atom stereocenters. The fraction of sp³-hybridized carbons (Fsp3) is 0.478. The fourth-order valence-electron chi connectivity index (χ4n) is 4.73. The van der Waals surface area contributed by atoms with Gasteiger partial charge >= 0.3 is 15.6 Å². The Morgan fingerprint density at radius 3 is 2.43 bits per heavy atom. The van der Waals surface area contributed by atoms with E-state index in [0.29, 0.717) is 40.5 Å². The van der Waals surface area contributed by atoms with Gasteiger partial charge in [-0.3, -0.25) is 0 Å². The van der Waals surface area contributed by atoms with E-state index in [0.717, 1.165) is 12.0 Å². The molecule has 0 fully saturated rings. The van der Waals surface area contributed by atoms with Crippen molar-refractivity contribution in [1.29, 1.82) is 0 Å². The third-order valence-electron chi connectivity index (χ3n) is 6.41. The van der Waals surface area contributed by atoms with Crippen LogP contribution in [0.3, 0.4) is 0 Å². The van der Waals surface area contributed by atoms with Gasteiger partial charge in [-0.2, -0.15) is 21.6 Å². The average molecular weight is 516 g/mol. The van der Waals surface area contributed by atoms with Crippen LogP contribution in [0.4, 0.5) is 13.2 Å². The summed E-state index contributed by atoms with van der Waals surface area (Å²) in [4.78, 5) is 0. The second kappa shape index (κ2) is 7.74. The number of ether oxygens (including phenoxy) is 5.